The van der Waals surface area contributed by atoms with Crippen molar-refractivity contribution in [1.82, 2.24) is 20.0 Å². The Morgan fingerprint density at radius 1 is 1.32 bits per heavy atom. The first-order valence-electron chi connectivity index (χ1n) is 8.69. The molecule has 1 aromatic heterocycles. The van der Waals surface area contributed by atoms with Crippen LogP contribution in [0.2, 0.25) is 0 Å². The van der Waals surface area contributed by atoms with E-state index in [1.807, 2.05) is 37.5 Å². The van der Waals surface area contributed by atoms with Crippen LogP contribution in [0.1, 0.15) is 24.1 Å². The SMILES string of the molecule is COC(=O)C1(NCc2ccn(C)n2)CCCN(Cc2ccccc2)C1. The van der Waals surface area contributed by atoms with E-state index < -0.39 is 5.54 Å². The lowest BCUT2D eigenvalue weighted by Crippen LogP contribution is -2.61. The smallest absolute Gasteiger partial charge is 0.327 e. The molecule has 0 amide bonds. The lowest BCUT2D eigenvalue weighted by atomic mass is 9.88. The van der Waals surface area contributed by atoms with Gasteiger partial charge in [-0.05, 0) is 31.0 Å². The number of ether oxygens (including phenoxy) is 1. The number of piperidine rings is 1. The monoisotopic (exact) mass is 342 g/mol. The second-order valence-electron chi connectivity index (χ2n) is 6.71. The summed E-state index contributed by atoms with van der Waals surface area (Å²) in [6, 6.07) is 12.3. The molecule has 1 aliphatic rings. The number of nitrogens with one attached hydrogen (secondary N) is 1. The maximum absolute atomic E-state index is 12.6. The van der Waals surface area contributed by atoms with Crippen molar-refractivity contribution < 1.29 is 9.53 Å². The van der Waals surface area contributed by atoms with Crippen LogP contribution in [0.25, 0.3) is 0 Å². The van der Waals surface area contributed by atoms with E-state index in [2.05, 4.69) is 27.4 Å². The highest BCUT2D eigenvalue weighted by atomic mass is 16.5. The van der Waals surface area contributed by atoms with E-state index in [0.29, 0.717) is 13.1 Å². The van der Waals surface area contributed by atoms with Gasteiger partial charge in [0.15, 0.2) is 0 Å². The summed E-state index contributed by atoms with van der Waals surface area (Å²) >= 11 is 0. The number of nitrogens with zero attached hydrogens (tertiary/aromatic N) is 3. The van der Waals surface area contributed by atoms with Crippen LogP contribution in [-0.2, 0) is 29.7 Å². The van der Waals surface area contributed by atoms with E-state index in [0.717, 1.165) is 31.6 Å². The molecule has 0 saturated carbocycles. The van der Waals surface area contributed by atoms with Gasteiger partial charge in [0.1, 0.15) is 5.54 Å². The van der Waals surface area contributed by atoms with Crippen LogP contribution >= 0.6 is 0 Å². The first-order valence-corrected chi connectivity index (χ1v) is 8.69. The van der Waals surface area contributed by atoms with Crippen LogP contribution in [0.3, 0.4) is 0 Å². The number of aryl methyl sites for hydroxylation is 1. The van der Waals surface area contributed by atoms with E-state index in [9.17, 15) is 4.79 Å². The number of hydrogen-bond donors (Lipinski definition) is 1. The van der Waals surface area contributed by atoms with Crippen molar-refractivity contribution in [1.29, 1.82) is 0 Å². The van der Waals surface area contributed by atoms with Gasteiger partial charge in [-0.1, -0.05) is 30.3 Å². The van der Waals surface area contributed by atoms with Crippen molar-refractivity contribution in [3.8, 4) is 0 Å². The molecule has 0 aliphatic carbocycles. The Morgan fingerprint density at radius 3 is 2.80 bits per heavy atom. The minimum absolute atomic E-state index is 0.193. The Hall–Kier alpha value is -2.18. The molecule has 1 aliphatic heterocycles. The molecule has 0 bridgehead atoms. The highest BCUT2D eigenvalue weighted by Gasteiger charge is 2.43. The van der Waals surface area contributed by atoms with Crippen LogP contribution in [0, 0.1) is 0 Å². The van der Waals surface area contributed by atoms with Gasteiger partial charge in [0.2, 0.25) is 0 Å². The topological polar surface area (TPSA) is 59.4 Å². The van der Waals surface area contributed by atoms with Crippen LogP contribution in [-0.4, -0.2) is 46.4 Å². The number of likely N-dealkylation sites (tertiary alicyclic amines) is 1. The third-order valence-electron chi connectivity index (χ3n) is 4.77. The molecule has 134 valence electrons. The van der Waals surface area contributed by atoms with Crippen molar-refractivity contribution in [3.63, 3.8) is 0 Å². The number of carbonyl (C=O) groups is 1. The second kappa shape index (κ2) is 7.80. The maximum Gasteiger partial charge on any atom is 0.327 e. The summed E-state index contributed by atoms with van der Waals surface area (Å²) in [4.78, 5) is 14.9. The minimum atomic E-state index is -0.681. The fraction of sp³-hybridized carbons (Fsp3) is 0.474. The minimum Gasteiger partial charge on any atom is -0.468 e. The summed E-state index contributed by atoms with van der Waals surface area (Å²) in [5, 5.41) is 7.83. The van der Waals surface area contributed by atoms with Crippen LogP contribution in [0.5, 0.6) is 0 Å². The summed E-state index contributed by atoms with van der Waals surface area (Å²) in [5.74, 6) is -0.193. The Balaban J connectivity index is 1.71. The summed E-state index contributed by atoms with van der Waals surface area (Å²) in [6.07, 6.45) is 3.64. The van der Waals surface area contributed by atoms with Gasteiger partial charge in [-0.2, -0.15) is 5.10 Å². The maximum atomic E-state index is 12.6. The van der Waals surface area contributed by atoms with Crippen molar-refractivity contribution in [2.45, 2.75) is 31.5 Å². The Morgan fingerprint density at radius 2 is 2.12 bits per heavy atom. The quantitative estimate of drug-likeness (QED) is 0.810. The van der Waals surface area contributed by atoms with Gasteiger partial charge >= 0.3 is 5.97 Å². The Labute approximate surface area is 148 Å². The molecule has 6 nitrogen and oxygen atoms in total. The molecule has 1 fully saturated rings. The fourth-order valence-corrected chi connectivity index (χ4v) is 3.52. The normalized spacial score (nSPS) is 21.2. The molecule has 0 radical (unpaired) electrons. The van der Waals surface area contributed by atoms with Gasteiger partial charge in [0.05, 0.1) is 12.8 Å². The van der Waals surface area contributed by atoms with Crippen molar-refractivity contribution in [3.05, 3.63) is 53.9 Å². The third-order valence-corrected chi connectivity index (χ3v) is 4.77. The molecule has 0 spiro atoms. The van der Waals surface area contributed by atoms with Gasteiger partial charge in [-0.15, -0.1) is 0 Å². The first kappa shape index (κ1) is 17.6. The molecule has 1 atom stereocenters. The van der Waals surface area contributed by atoms with Crippen LogP contribution < -0.4 is 5.32 Å². The number of esters is 1. The predicted molar refractivity (Wildman–Crippen MR) is 95.7 cm³/mol. The predicted octanol–water partition coefficient (Wildman–Crippen LogP) is 1.72. The molecular weight excluding hydrogens is 316 g/mol. The summed E-state index contributed by atoms with van der Waals surface area (Å²) in [5.41, 5.74) is 1.50. The molecule has 1 saturated heterocycles. The van der Waals surface area contributed by atoms with E-state index in [1.54, 1.807) is 4.68 Å². The standard InChI is InChI=1S/C19H26N4O2/c1-22-12-9-17(21-22)13-20-19(18(24)25-2)10-6-11-23(15-19)14-16-7-4-3-5-8-16/h3-5,7-9,12,20H,6,10-11,13-15H2,1-2H3. The highest BCUT2D eigenvalue weighted by Crippen LogP contribution is 2.24. The largest absolute Gasteiger partial charge is 0.468 e. The number of benzene rings is 1. The average molecular weight is 342 g/mol. The third kappa shape index (κ3) is 4.27. The van der Waals surface area contributed by atoms with Crippen molar-refractivity contribution >= 4 is 5.97 Å². The number of hydrogen-bond acceptors (Lipinski definition) is 5. The highest BCUT2D eigenvalue weighted by molar-refractivity contribution is 5.81. The molecule has 1 unspecified atom stereocenters. The van der Waals surface area contributed by atoms with Crippen LogP contribution in [0.15, 0.2) is 42.6 Å². The van der Waals surface area contributed by atoms with Gasteiger partial charge in [0, 0.05) is 32.9 Å². The molecule has 25 heavy (non-hydrogen) atoms. The number of carbonyl (C=O) groups excluding carboxylic acids is 1. The van der Waals surface area contributed by atoms with Crippen LogP contribution in [0.4, 0.5) is 0 Å². The summed E-state index contributed by atoms with van der Waals surface area (Å²) in [6.45, 7) is 3.01. The lowest BCUT2D eigenvalue weighted by Gasteiger charge is -2.41. The zero-order valence-corrected chi connectivity index (χ0v) is 14.9. The second-order valence-corrected chi connectivity index (χ2v) is 6.71. The average Bonchev–Trinajstić information content (AvgIpc) is 3.06. The molecule has 2 aromatic rings. The van der Waals surface area contributed by atoms with Crippen molar-refractivity contribution in [2.24, 2.45) is 7.05 Å². The molecule has 6 heteroatoms. The number of rotatable bonds is 6. The molecule has 1 N–H and O–H groups in total. The molecule has 3 rings (SSSR count). The van der Waals surface area contributed by atoms with E-state index in [4.69, 9.17) is 4.74 Å². The van der Waals surface area contributed by atoms with Gasteiger partial charge in [-0.25, -0.2) is 0 Å². The summed E-state index contributed by atoms with van der Waals surface area (Å²) in [7, 11) is 3.35. The summed E-state index contributed by atoms with van der Waals surface area (Å²) < 4.78 is 6.90. The van der Waals surface area contributed by atoms with E-state index in [1.165, 1.54) is 12.7 Å². The van der Waals surface area contributed by atoms with Gasteiger partial charge in [0.25, 0.3) is 0 Å². The molecular formula is C19H26N4O2. The Bertz CT molecular complexity index is 700. The van der Waals surface area contributed by atoms with Crippen molar-refractivity contribution in [2.75, 3.05) is 20.2 Å². The molecule has 2 heterocycles. The number of methoxy groups -OCH3 is 1. The lowest BCUT2D eigenvalue weighted by molar-refractivity contribution is -0.151. The zero-order valence-electron chi connectivity index (χ0n) is 14.9. The fourth-order valence-electron chi connectivity index (χ4n) is 3.52. The van der Waals surface area contributed by atoms with Gasteiger partial charge in [-0.3, -0.25) is 19.7 Å². The van der Waals surface area contributed by atoms with Gasteiger partial charge < -0.3 is 4.74 Å². The number of aromatic nitrogens is 2. The Kier molecular flexibility index (Phi) is 5.50. The first-order chi connectivity index (χ1) is 12.1. The zero-order chi connectivity index (χ0) is 17.7. The van der Waals surface area contributed by atoms with E-state index in [-0.39, 0.29) is 5.97 Å². The molecule has 1 aromatic carbocycles. The van der Waals surface area contributed by atoms with E-state index >= 15 is 0 Å².